The maximum absolute atomic E-state index is 9.34. The number of rotatable bonds is 8. The molecule has 1 aromatic carbocycles. The van der Waals surface area contributed by atoms with Gasteiger partial charge in [0.1, 0.15) is 0 Å². The van der Waals surface area contributed by atoms with Gasteiger partial charge in [0, 0.05) is 24.1 Å². The molecule has 2 aromatic rings. The van der Waals surface area contributed by atoms with Gasteiger partial charge in [-0.1, -0.05) is 36.4 Å². The van der Waals surface area contributed by atoms with Crippen LogP contribution in [-0.4, -0.2) is 18.3 Å². The first kappa shape index (κ1) is 14.8. The highest BCUT2D eigenvalue weighted by Crippen LogP contribution is 2.42. The van der Waals surface area contributed by atoms with Gasteiger partial charge in [-0.25, -0.2) is 0 Å². The van der Waals surface area contributed by atoms with Crippen molar-refractivity contribution in [3.8, 4) is 0 Å². The Kier molecular flexibility index (Phi) is 5.07. The van der Waals surface area contributed by atoms with E-state index in [-0.39, 0.29) is 6.61 Å². The fraction of sp³-hybridized carbons (Fsp3) is 0.444. The van der Waals surface area contributed by atoms with Crippen LogP contribution in [0.5, 0.6) is 0 Å². The first-order chi connectivity index (χ1) is 10.4. The van der Waals surface area contributed by atoms with Crippen molar-refractivity contribution in [2.75, 3.05) is 13.2 Å². The Bertz CT molecular complexity index is 521. The summed E-state index contributed by atoms with van der Waals surface area (Å²) in [6.07, 6.45) is 3.50. The molecule has 0 aliphatic heterocycles. The van der Waals surface area contributed by atoms with Gasteiger partial charge < -0.3 is 10.4 Å². The van der Waals surface area contributed by atoms with Crippen molar-refractivity contribution in [3.63, 3.8) is 0 Å². The molecule has 1 fully saturated rings. The zero-order valence-electron chi connectivity index (χ0n) is 12.2. The van der Waals surface area contributed by atoms with E-state index in [1.165, 1.54) is 23.3 Å². The highest BCUT2D eigenvalue weighted by atomic mass is 32.1. The number of thiophene rings is 1. The Morgan fingerprint density at radius 3 is 2.57 bits per heavy atom. The molecule has 112 valence electrons. The van der Waals surface area contributed by atoms with E-state index < -0.39 is 0 Å². The number of benzene rings is 1. The van der Waals surface area contributed by atoms with E-state index in [2.05, 4.69) is 47.1 Å². The highest BCUT2D eigenvalue weighted by molar-refractivity contribution is 7.10. The smallest absolute Gasteiger partial charge is 0.0443 e. The third-order valence-corrected chi connectivity index (χ3v) is 5.23. The van der Waals surface area contributed by atoms with Crippen LogP contribution in [0.2, 0.25) is 0 Å². The average Bonchev–Trinajstić information content (AvgIpc) is 3.22. The van der Waals surface area contributed by atoms with Crippen LogP contribution in [0, 0.1) is 5.92 Å². The highest BCUT2D eigenvalue weighted by Gasteiger charge is 2.33. The van der Waals surface area contributed by atoms with Crippen molar-refractivity contribution in [2.24, 2.45) is 5.92 Å². The second kappa shape index (κ2) is 7.21. The molecule has 2 N–H and O–H groups in total. The normalized spacial score (nSPS) is 17.6. The molecule has 3 heteroatoms. The van der Waals surface area contributed by atoms with Gasteiger partial charge in [-0.3, -0.25) is 0 Å². The van der Waals surface area contributed by atoms with Crippen molar-refractivity contribution in [1.29, 1.82) is 0 Å². The summed E-state index contributed by atoms with van der Waals surface area (Å²) in [5.74, 6) is 1.19. The summed E-state index contributed by atoms with van der Waals surface area (Å²) in [6, 6.07) is 15.4. The van der Waals surface area contributed by atoms with E-state index in [0.29, 0.717) is 12.0 Å². The lowest BCUT2D eigenvalue weighted by Crippen LogP contribution is -2.28. The average molecular weight is 301 g/mol. The summed E-state index contributed by atoms with van der Waals surface area (Å²) >= 11 is 1.85. The Labute approximate surface area is 130 Å². The summed E-state index contributed by atoms with van der Waals surface area (Å²) in [6.45, 7) is 1.18. The Balaban J connectivity index is 1.65. The predicted octanol–water partition coefficient (Wildman–Crippen LogP) is 3.96. The molecule has 0 spiro atoms. The molecular weight excluding hydrogens is 278 g/mol. The quantitative estimate of drug-likeness (QED) is 0.773. The minimum Gasteiger partial charge on any atom is -0.396 e. The largest absolute Gasteiger partial charge is 0.396 e. The molecule has 2 atom stereocenters. The zero-order valence-corrected chi connectivity index (χ0v) is 13.1. The Hall–Kier alpha value is -1.16. The van der Waals surface area contributed by atoms with E-state index in [1.807, 2.05) is 17.4 Å². The van der Waals surface area contributed by atoms with Crippen LogP contribution in [0.15, 0.2) is 47.8 Å². The van der Waals surface area contributed by atoms with Crippen molar-refractivity contribution >= 4 is 11.3 Å². The van der Waals surface area contributed by atoms with E-state index in [1.54, 1.807) is 0 Å². The van der Waals surface area contributed by atoms with E-state index in [4.69, 9.17) is 0 Å². The minimum atomic E-state index is 0.244. The van der Waals surface area contributed by atoms with Crippen molar-refractivity contribution in [1.82, 2.24) is 5.32 Å². The van der Waals surface area contributed by atoms with Crippen molar-refractivity contribution < 1.29 is 5.11 Å². The number of nitrogens with one attached hydrogen (secondary N) is 1. The van der Waals surface area contributed by atoms with Crippen LogP contribution in [0.25, 0.3) is 0 Å². The van der Waals surface area contributed by atoms with E-state index in [0.717, 1.165) is 18.9 Å². The van der Waals surface area contributed by atoms with E-state index >= 15 is 0 Å². The maximum atomic E-state index is 9.34. The molecule has 0 bridgehead atoms. The number of aliphatic hydroxyl groups excluding tert-OH is 1. The fourth-order valence-corrected chi connectivity index (χ4v) is 3.83. The van der Waals surface area contributed by atoms with Gasteiger partial charge in [0.05, 0.1) is 0 Å². The summed E-state index contributed by atoms with van der Waals surface area (Å²) in [7, 11) is 0. The molecule has 0 radical (unpaired) electrons. The van der Waals surface area contributed by atoms with Gasteiger partial charge in [0.25, 0.3) is 0 Å². The van der Waals surface area contributed by atoms with Crippen LogP contribution in [0.4, 0.5) is 0 Å². The molecule has 0 saturated heterocycles. The number of aliphatic hydroxyl groups is 1. The van der Waals surface area contributed by atoms with Gasteiger partial charge in [-0.05, 0) is 48.1 Å². The summed E-state index contributed by atoms with van der Waals surface area (Å²) in [4.78, 5) is 1.45. The van der Waals surface area contributed by atoms with Crippen LogP contribution in [0.3, 0.4) is 0 Å². The Morgan fingerprint density at radius 2 is 1.95 bits per heavy atom. The van der Waals surface area contributed by atoms with Gasteiger partial charge in [0.2, 0.25) is 0 Å². The molecule has 1 aliphatic carbocycles. The monoisotopic (exact) mass is 301 g/mol. The number of hydrogen-bond acceptors (Lipinski definition) is 3. The van der Waals surface area contributed by atoms with Crippen LogP contribution in [0.1, 0.15) is 41.7 Å². The first-order valence-electron chi connectivity index (χ1n) is 7.81. The second-order valence-electron chi connectivity index (χ2n) is 5.86. The maximum Gasteiger partial charge on any atom is 0.0443 e. The lowest BCUT2D eigenvalue weighted by molar-refractivity contribution is 0.271. The van der Waals surface area contributed by atoms with Gasteiger partial charge in [-0.2, -0.15) is 0 Å². The standard InChI is InChI=1S/C18H23NOS/c20-11-10-16(14-5-2-1-3-6-14)13-19-18(15-8-9-15)17-7-4-12-21-17/h1-7,12,15-16,18-20H,8-11,13H2. The SMILES string of the molecule is OCCC(CNC(c1cccs1)C1CC1)c1ccccc1. The zero-order chi connectivity index (χ0) is 14.5. The molecule has 3 rings (SSSR count). The number of hydrogen-bond donors (Lipinski definition) is 2. The Morgan fingerprint density at radius 1 is 1.14 bits per heavy atom. The third-order valence-electron chi connectivity index (χ3n) is 4.28. The van der Waals surface area contributed by atoms with Crippen molar-refractivity contribution in [3.05, 3.63) is 58.3 Å². The van der Waals surface area contributed by atoms with Crippen LogP contribution >= 0.6 is 11.3 Å². The van der Waals surface area contributed by atoms with Gasteiger partial charge >= 0.3 is 0 Å². The molecule has 1 aliphatic rings. The van der Waals surface area contributed by atoms with Crippen LogP contribution in [-0.2, 0) is 0 Å². The topological polar surface area (TPSA) is 32.3 Å². The fourth-order valence-electron chi connectivity index (χ4n) is 2.93. The molecule has 1 saturated carbocycles. The molecule has 2 nitrogen and oxygen atoms in total. The van der Waals surface area contributed by atoms with Gasteiger partial charge in [-0.15, -0.1) is 11.3 Å². The predicted molar refractivity (Wildman–Crippen MR) is 88.7 cm³/mol. The summed E-state index contributed by atoms with van der Waals surface area (Å²) < 4.78 is 0. The molecule has 0 amide bonds. The molecule has 1 heterocycles. The second-order valence-corrected chi connectivity index (χ2v) is 6.84. The molecule has 1 aromatic heterocycles. The van der Waals surface area contributed by atoms with Crippen molar-refractivity contribution in [2.45, 2.75) is 31.2 Å². The van der Waals surface area contributed by atoms with E-state index in [9.17, 15) is 5.11 Å². The summed E-state index contributed by atoms with van der Waals surface area (Å²) in [5, 5.41) is 15.3. The summed E-state index contributed by atoms with van der Waals surface area (Å²) in [5.41, 5.74) is 1.32. The lowest BCUT2D eigenvalue weighted by Gasteiger charge is -2.22. The first-order valence-corrected chi connectivity index (χ1v) is 8.69. The molecule has 2 unspecified atom stereocenters. The van der Waals surface area contributed by atoms with Gasteiger partial charge in [0.15, 0.2) is 0 Å². The van der Waals surface area contributed by atoms with Crippen LogP contribution < -0.4 is 5.32 Å². The molecule has 21 heavy (non-hydrogen) atoms. The lowest BCUT2D eigenvalue weighted by atomic mass is 9.95. The third kappa shape index (κ3) is 3.94. The molecular formula is C18H23NOS. The minimum absolute atomic E-state index is 0.244.